The second-order valence-electron chi connectivity index (χ2n) is 7.45. The van der Waals surface area contributed by atoms with Gasteiger partial charge in [0, 0.05) is 24.8 Å². The van der Waals surface area contributed by atoms with Crippen LogP contribution in [0.4, 0.5) is 5.82 Å². The smallest absolute Gasteiger partial charge is 0.260 e. The van der Waals surface area contributed by atoms with E-state index in [9.17, 15) is 4.79 Å². The highest BCUT2D eigenvalue weighted by Crippen LogP contribution is 2.35. The number of nitrogens with two attached hydrogens (primary N) is 1. The van der Waals surface area contributed by atoms with Crippen molar-refractivity contribution >= 4 is 33.3 Å². The van der Waals surface area contributed by atoms with Crippen molar-refractivity contribution in [2.45, 2.75) is 0 Å². The summed E-state index contributed by atoms with van der Waals surface area (Å²) in [4.78, 5) is 23.1. The molecule has 0 aliphatic carbocycles. The summed E-state index contributed by atoms with van der Waals surface area (Å²) < 4.78 is 12.1. The summed E-state index contributed by atoms with van der Waals surface area (Å²) in [7, 11) is 0. The lowest BCUT2D eigenvalue weighted by atomic mass is 10.1. The van der Waals surface area contributed by atoms with Crippen LogP contribution >= 0.6 is 11.3 Å². The van der Waals surface area contributed by atoms with Crippen molar-refractivity contribution in [3.05, 3.63) is 60.8 Å². The summed E-state index contributed by atoms with van der Waals surface area (Å²) in [6.45, 7) is 2.40. The van der Waals surface area contributed by atoms with Crippen LogP contribution < -0.4 is 10.5 Å². The third kappa shape index (κ3) is 4.28. The molecule has 3 heterocycles. The lowest BCUT2D eigenvalue weighted by Crippen LogP contribution is -2.42. The van der Waals surface area contributed by atoms with E-state index in [0.717, 1.165) is 31.9 Å². The van der Waals surface area contributed by atoms with Crippen LogP contribution in [0.15, 0.2) is 60.8 Å². The molecule has 2 N–H and O–H groups in total. The number of rotatable bonds is 5. The molecule has 1 amide bonds. The molecule has 1 fully saturated rings. The number of carbonyl (C=O) groups is 1. The van der Waals surface area contributed by atoms with E-state index in [4.69, 9.17) is 20.2 Å². The standard InChI is InChI=1S/C24H22N4O3S/c25-23-19(24-27-20-3-1-2-4-21(20)32-24)13-17(14-26-23)16-5-7-18(8-6-16)31-15-22(29)28-9-11-30-12-10-28/h1-8,13-14H,9-12,15H2,(H2,25,26). The van der Waals surface area contributed by atoms with E-state index in [1.54, 1.807) is 22.4 Å². The van der Waals surface area contributed by atoms with Gasteiger partial charge in [-0.25, -0.2) is 9.97 Å². The largest absolute Gasteiger partial charge is 0.484 e. The Hall–Kier alpha value is -3.49. The van der Waals surface area contributed by atoms with Crippen molar-refractivity contribution < 1.29 is 14.3 Å². The summed E-state index contributed by atoms with van der Waals surface area (Å²) in [5.41, 5.74) is 9.85. The minimum absolute atomic E-state index is 0.0184. The molecule has 4 aromatic rings. The number of pyridine rings is 1. The fourth-order valence-electron chi connectivity index (χ4n) is 3.58. The summed E-state index contributed by atoms with van der Waals surface area (Å²) >= 11 is 1.60. The van der Waals surface area contributed by atoms with Crippen LogP contribution in [0.1, 0.15) is 0 Å². The Morgan fingerprint density at radius 1 is 1.09 bits per heavy atom. The molecule has 0 radical (unpaired) electrons. The van der Waals surface area contributed by atoms with Crippen molar-refractivity contribution in [3.63, 3.8) is 0 Å². The summed E-state index contributed by atoms with van der Waals surface area (Å²) in [6.07, 6.45) is 1.75. The fraction of sp³-hybridized carbons (Fsp3) is 0.208. The summed E-state index contributed by atoms with van der Waals surface area (Å²) in [5, 5.41) is 0.847. The number of hydrogen-bond acceptors (Lipinski definition) is 7. The minimum Gasteiger partial charge on any atom is -0.484 e. The number of hydrogen-bond donors (Lipinski definition) is 1. The molecule has 0 bridgehead atoms. The predicted molar refractivity (Wildman–Crippen MR) is 126 cm³/mol. The van der Waals surface area contributed by atoms with Crippen molar-refractivity contribution in [3.8, 4) is 27.4 Å². The molecule has 32 heavy (non-hydrogen) atoms. The van der Waals surface area contributed by atoms with Crippen LogP contribution in [-0.2, 0) is 9.53 Å². The van der Waals surface area contributed by atoms with Crippen molar-refractivity contribution in [1.82, 2.24) is 14.9 Å². The predicted octanol–water partition coefficient (Wildman–Crippen LogP) is 3.85. The molecule has 1 aliphatic heterocycles. The van der Waals surface area contributed by atoms with Gasteiger partial charge in [0.1, 0.15) is 16.6 Å². The van der Waals surface area contributed by atoms with E-state index in [2.05, 4.69) is 4.98 Å². The number of benzene rings is 2. The Balaban J connectivity index is 1.31. The van der Waals surface area contributed by atoms with E-state index in [0.29, 0.717) is 37.9 Å². The van der Waals surface area contributed by atoms with Gasteiger partial charge < -0.3 is 20.1 Å². The van der Waals surface area contributed by atoms with Crippen LogP contribution in [0.5, 0.6) is 5.75 Å². The molecule has 2 aromatic heterocycles. The highest BCUT2D eigenvalue weighted by molar-refractivity contribution is 7.21. The van der Waals surface area contributed by atoms with Gasteiger partial charge in [0.2, 0.25) is 0 Å². The van der Waals surface area contributed by atoms with E-state index in [1.807, 2.05) is 54.6 Å². The molecule has 2 aromatic carbocycles. The molecule has 7 nitrogen and oxygen atoms in total. The molecule has 0 unspecified atom stereocenters. The SMILES string of the molecule is Nc1ncc(-c2ccc(OCC(=O)N3CCOCC3)cc2)cc1-c1nc2ccccc2s1. The first-order valence-electron chi connectivity index (χ1n) is 10.4. The van der Waals surface area contributed by atoms with Crippen LogP contribution in [0.25, 0.3) is 31.9 Å². The Morgan fingerprint density at radius 2 is 1.88 bits per heavy atom. The molecular formula is C24H22N4O3S. The van der Waals surface area contributed by atoms with Gasteiger partial charge in [-0.15, -0.1) is 11.3 Å². The first kappa shape index (κ1) is 20.4. The van der Waals surface area contributed by atoms with Crippen molar-refractivity contribution in [2.75, 3.05) is 38.6 Å². The van der Waals surface area contributed by atoms with Gasteiger partial charge in [-0.1, -0.05) is 24.3 Å². The maximum absolute atomic E-state index is 12.2. The molecule has 162 valence electrons. The van der Waals surface area contributed by atoms with Gasteiger partial charge in [-0.3, -0.25) is 4.79 Å². The highest BCUT2D eigenvalue weighted by atomic mass is 32.1. The topological polar surface area (TPSA) is 90.6 Å². The Morgan fingerprint density at radius 3 is 2.66 bits per heavy atom. The number of nitrogen functional groups attached to an aromatic ring is 1. The maximum atomic E-state index is 12.2. The van der Waals surface area contributed by atoms with Gasteiger partial charge in [-0.05, 0) is 35.9 Å². The average Bonchev–Trinajstić information content (AvgIpc) is 3.28. The number of anilines is 1. The Kier molecular flexibility index (Phi) is 5.70. The van der Waals surface area contributed by atoms with Crippen LogP contribution in [0.2, 0.25) is 0 Å². The van der Waals surface area contributed by atoms with Gasteiger partial charge in [0.25, 0.3) is 5.91 Å². The molecular weight excluding hydrogens is 424 g/mol. The van der Waals surface area contributed by atoms with Gasteiger partial charge in [0.15, 0.2) is 6.61 Å². The zero-order valence-corrected chi connectivity index (χ0v) is 18.2. The highest BCUT2D eigenvalue weighted by Gasteiger charge is 2.17. The minimum atomic E-state index is -0.0272. The molecule has 8 heteroatoms. The fourth-order valence-corrected chi connectivity index (χ4v) is 4.58. The van der Waals surface area contributed by atoms with Crippen molar-refractivity contribution in [2.24, 2.45) is 0 Å². The summed E-state index contributed by atoms with van der Waals surface area (Å²) in [5.74, 6) is 1.07. The average molecular weight is 447 g/mol. The normalized spacial score (nSPS) is 13.9. The number of nitrogens with zero attached hydrogens (tertiary/aromatic N) is 3. The molecule has 5 rings (SSSR count). The van der Waals surface area contributed by atoms with Crippen LogP contribution in [0, 0.1) is 0 Å². The van der Waals surface area contributed by atoms with E-state index < -0.39 is 0 Å². The number of aromatic nitrogens is 2. The number of morpholine rings is 1. The number of thiazole rings is 1. The number of para-hydroxylation sites is 1. The third-order valence-electron chi connectivity index (χ3n) is 5.36. The first-order chi connectivity index (χ1) is 15.7. The second kappa shape index (κ2) is 8.94. The lowest BCUT2D eigenvalue weighted by Gasteiger charge is -2.26. The number of amides is 1. The monoisotopic (exact) mass is 446 g/mol. The van der Waals surface area contributed by atoms with Gasteiger partial charge >= 0.3 is 0 Å². The van der Waals surface area contributed by atoms with E-state index in [-0.39, 0.29) is 12.5 Å². The summed E-state index contributed by atoms with van der Waals surface area (Å²) in [6, 6.07) is 17.6. The number of ether oxygens (including phenoxy) is 2. The van der Waals surface area contributed by atoms with Crippen LogP contribution in [-0.4, -0.2) is 53.7 Å². The number of fused-ring (bicyclic) bond motifs is 1. The van der Waals surface area contributed by atoms with E-state index in [1.165, 1.54) is 0 Å². The van der Waals surface area contributed by atoms with Gasteiger partial charge in [0.05, 0.1) is 29.0 Å². The maximum Gasteiger partial charge on any atom is 0.260 e. The Bertz CT molecular complexity index is 1220. The quantitative estimate of drug-likeness (QED) is 0.501. The first-order valence-corrected chi connectivity index (χ1v) is 11.2. The lowest BCUT2D eigenvalue weighted by molar-refractivity contribution is -0.137. The molecule has 1 aliphatic rings. The molecule has 0 saturated carbocycles. The third-order valence-corrected chi connectivity index (χ3v) is 6.43. The zero-order valence-electron chi connectivity index (χ0n) is 17.4. The van der Waals surface area contributed by atoms with Gasteiger partial charge in [-0.2, -0.15) is 0 Å². The molecule has 1 saturated heterocycles. The second-order valence-corrected chi connectivity index (χ2v) is 8.48. The van der Waals surface area contributed by atoms with Crippen molar-refractivity contribution in [1.29, 1.82) is 0 Å². The van der Waals surface area contributed by atoms with E-state index >= 15 is 0 Å². The molecule has 0 atom stereocenters. The van der Waals surface area contributed by atoms with Crippen LogP contribution in [0.3, 0.4) is 0 Å². The molecule has 0 spiro atoms. The Labute approximate surface area is 189 Å². The zero-order chi connectivity index (χ0) is 21.9. The number of carbonyl (C=O) groups excluding carboxylic acids is 1.